The van der Waals surface area contributed by atoms with Crippen LogP contribution in [0.3, 0.4) is 0 Å². The van der Waals surface area contributed by atoms with Crippen LogP contribution in [0.5, 0.6) is 0 Å². The van der Waals surface area contributed by atoms with E-state index >= 15 is 0 Å². The maximum atomic E-state index is 4.86. The Balaban J connectivity index is 1.54. The van der Waals surface area contributed by atoms with Gasteiger partial charge in [-0.3, -0.25) is 0 Å². The first-order valence-corrected chi connectivity index (χ1v) is 11.4. The molecule has 8 bridgehead atoms. The minimum absolute atomic E-state index is 0.931. The highest BCUT2D eigenvalue weighted by Crippen LogP contribution is 2.51. The second-order valence-electron chi connectivity index (χ2n) is 8.95. The number of nitrogens with one attached hydrogen (secondary N) is 2. The molecule has 158 valence electrons. The highest BCUT2D eigenvalue weighted by molar-refractivity contribution is 6.22. The van der Waals surface area contributed by atoms with Crippen LogP contribution in [-0.2, 0) is 0 Å². The van der Waals surface area contributed by atoms with E-state index in [0.717, 1.165) is 44.8 Å². The van der Waals surface area contributed by atoms with Gasteiger partial charge in [-0.2, -0.15) is 0 Å². The van der Waals surface area contributed by atoms with E-state index in [0.29, 0.717) is 0 Å². The molecule has 2 N–H and O–H groups in total. The molecule has 3 aliphatic rings. The summed E-state index contributed by atoms with van der Waals surface area (Å²) in [6.07, 6.45) is 8.27. The van der Waals surface area contributed by atoms with Crippen molar-refractivity contribution in [2.24, 2.45) is 0 Å². The van der Waals surface area contributed by atoms with Crippen molar-refractivity contribution < 1.29 is 0 Å². The van der Waals surface area contributed by atoms with Crippen molar-refractivity contribution in [3.05, 3.63) is 95.6 Å². The molecule has 0 fully saturated rings. The fraction of sp³-hybridized carbons (Fsp3) is 0. The summed E-state index contributed by atoms with van der Waals surface area (Å²) < 4.78 is 0. The molecule has 4 heteroatoms. The van der Waals surface area contributed by atoms with Crippen molar-refractivity contribution in [2.75, 3.05) is 0 Å². The van der Waals surface area contributed by atoms with Gasteiger partial charge >= 0.3 is 0 Å². The molecule has 0 atom stereocenters. The number of hydrogen-bond donors (Lipinski definition) is 2. The van der Waals surface area contributed by atoms with E-state index in [1.54, 1.807) is 0 Å². The predicted octanol–water partition coefficient (Wildman–Crippen LogP) is 7.46. The number of nitrogens with zero attached hydrogens (tertiary/aromatic N) is 2. The number of fused-ring (bicyclic) bond motifs is 13. The average molecular weight is 435 g/mol. The molecule has 5 heterocycles. The molecule has 4 nitrogen and oxygen atoms in total. The third-order valence-corrected chi connectivity index (χ3v) is 6.79. The molecule has 0 radical (unpaired) electrons. The zero-order chi connectivity index (χ0) is 22.2. The average Bonchev–Trinajstić information content (AvgIpc) is 3.65. The van der Waals surface area contributed by atoms with Gasteiger partial charge in [-0.05, 0) is 82.6 Å². The Morgan fingerprint density at radius 3 is 1.53 bits per heavy atom. The van der Waals surface area contributed by atoms with E-state index in [1.165, 1.54) is 33.0 Å². The summed E-state index contributed by atoms with van der Waals surface area (Å²) in [6.45, 7) is 0. The van der Waals surface area contributed by atoms with Gasteiger partial charge in [-0.15, -0.1) is 0 Å². The van der Waals surface area contributed by atoms with Crippen molar-refractivity contribution in [3.8, 4) is 22.3 Å². The van der Waals surface area contributed by atoms with Gasteiger partial charge in [-0.1, -0.05) is 36.4 Å². The van der Waals surface area contributed by atoms with Crippen molar-refractivity contribution in [1.82, 2.24) is 19.9 Å². The number of aromatic amines is 2. The molecule has 0 saturated heterocycles. The van der Waals surface area contributed by atoms with Gasteiger partial charge < -0.3 is 9.97 Å². The molecular weight excluding hydrogens is 416 g/mol. The molecule has 1 aliphatic carbocycles. The lowest BCUT2D eigenvalue weighted by Gasteiger charge is -2.02. The lowest BCUT2D eigenvalue weighted by molar-refractivity contribution is 1.31. The van der Waals surface area contributed by atoms with Crippen molar-refractivity contribution >= 4 is 57.1 Å². The summed E-state index contributed by atoms with van der Waals surface area (Å²) in [5.74, 6) is 0. The first-order chi connectivity index (χ1) is 16.8. The lowest BCUT2D eigenvalue weighted by atomic mass is 10.0. The number of benzene rings is 2. The molecular formula is C30H18N4. The topological polar surface area (TPSA) is 57.4 Å². The molecule has 0 saturated carbocycles. The number of hydrogen-bond acceptors (Lipinski definition) is 2. The molecule has 8 rings (SSSR count). The van der Waals surface area contributed by atoms with Crippen LogP contribution in [0.15, 0.2) is 72.8 Å². The zero-order valence-corrected chi connectivity index (χ0v) is 18.1. The van der Waals surface area contributed by atoms with Crippen LogP contribution >= 0.6 is 0 Å². The second kappa shape index (κ2) is 6.42. The molecule has 0 spiro atoms. The maximum Gasteiger partial charge on any atom is 0.0658 e. The Kier molecular flexibility index (Phi) is 3.36. The van der Waals surface area contributed by atoms with E-state index in [9.17, 15) is 0 Å². The minimum atomic E-state index is 0.931. The quantitative estimate of drug-likeness (QED) is 0.260. The normalized spacial score (nSPS) is 13.1. The maximum absolute atomic E-state index is 4.86. The fourth-order valence-corrected chi connectivity index (χ4v) is 5.40. The molecule has 0 amide bonds. The smallest absolute Gasteiger partial charge is 0.0658 e. The largest absolute Gasteiger partial charge is 0.355 e. The van der Waals surface area contributed by atoms with Gasteiger partial charge in [0, 0.05) is 33.2 Å². The predicted molar refractivity (Wildman–Crippen MR) is 141 cm³/mol. The van der Waals surface area contributed by atoms with Gasteiger partial charge in [0.05, 0.1) is 22.8 Å². The number of rotatable bonds is 0. The van der Waals surface area contributed by atoms with Crippen LogP contribution in [-0.4, -0.2) is 19.9 Å². The SMILES string of the molecule is C1=Cc2cc3[nH]c(cc4nc(cc5ccc(cc1n2)[nH]5)C=C4)c1c3-c2cccc3cccc-1c23. The zero-order valence-electron chi connectivity index (χ0n) is 18.1. The third-order valence-electron chi connectivity index (χ3n) is 6.79. The van der Waals surface area contributed by atoms with Crippen LogP contribution in [0.4, 0.5) is 0 Å². The van der Waals surface area contributed by atoms with Gasteiger partial charge in [0.25, 0.3) is 0 Å². The molecule has 3 aromatic heterocycles. The summed E-state index contributed by atoms with van der Waals surface area (Å²) in [4.78, 5) is 16.8. The van der Waals surface area contributed by atoms with Crippen molar-refractivity contribution in [1.29, 1.82) is 0 Å². The first kappa shape index (κ1) is 17.8. The van der Waals surface area contributed by atoms with E-state index in [-0.39, 0.29) is 0 Å². The van der Waals surface area contributed by atoms with Crippen LogP contribution in [0.25, 0.3) is 79.4 Å². The monoisotopic (exact) mass is 434 g/mol. The van der Waals surface area contributed by atoms with Crippen molar-refractivity contribution in [3.63, 3.8) is 0 Å². The fourth-order valence-electron chi connectivity index (χ4n) is 5.40. The Hall–Kier alpha value is -4.70. The second-order valence-corrected chi connectivity index (χ2v) is 8.95. The Bertz CT molecular complexity index is 1780. The molecule has 2 aliphatic heterocycles. The summed E-state index contributed by atoms with van der Waals surface area (Å²) in [6, 6.07) is 25.7. The number of aromatic nitrogens is 4. The first-order valence-electron chi connectivity index (χ1n) is 11.4. The molecule has 2 aromatic carbocycles. The van der Waals surface area contributed by atoms with Crippen LogP contribution < -0.4 is 0 Å². The molecule has 34 heavy (non-hydrogen) atoms. The summed E-state index contributed by atoms with van der Waals surface area (Å²) in [5.41, 5.74) is 12.9. The van der Waals surface area contributed by atoms with Gasteiger partial charge in [0.1, 0.15) is 0 Å². The highest BCUT2D eigenvalue weighted by atomic mass is 14.8. The van der Waals surface area contributed by atoms with Gasteiger partial charge in [0.15, 0.2) is 0 Å². The third kappa shape index (κ3) is 2.54. The van der Waals surface area contributed by atoms with E-state index in [1.807, 2.05) is 0 Å². The molecule has 5 aromatic rings. The number of H-pyrrole nitrogens is 2. The van der Waals surface area contributed by atoms with E-state index < -0.39 is 0 Å². The van der Waals surface area contributed by atoms with Crippen molar-refractivity contribution in [2.45, 2.75) is 0 Å². The van der Waals surface area contributed by atoms with E-state index in [4.69, 9.17) is 9.97 Å². The standard InChI is InChI=1S/C30H18N4/c1-3-17-4-2-6-25-28(17)24(5-1)29-26-15-22-11-9-20(32-22)13-18-7-8-19(31-18)14-21-10-12-23(33-21)16-27(34-26)30(25)29/h1-16,31,34H. The Morgan fingerprint density at radius 2 is 1.00 bits per heavy atom. The van der Waals surface area contributed by atoms with E-state index in [2.05, 4.69) is 107 Å². The summed E-state index contributed by atoms with van der Waals surface area (Å²) in [5, 5.41) is 2.58. The minimum Gasteiger partial charge on any atom is -0.355 e. The van der Waals surface area contributed by atoms with Crippen LogP contribution in [0.2, 0.25) is 0 Å². The summed E-state index contributed by atoms with van der Waals surface area (Å²) >= 11 is 0. The lowest BCUT2D eigenvalue weighted by Crippen LogP contribution is -1.79. The summed E-state index contributed by atoms with van der Waals surface area (Å²) in [7, 11) is 0. The Labute approximate surface area is 195 Å². The highest BCUT2D eigenvalue weighted by Gasteiger charge is 2.25. The van der Waals surface area contributed by atoms with Crippen LogP contribution in [0, 0.1) is 0 Å². The molecule has 0 unspecified atom stereocenters. The van der Waals surface area contributed by atoms with Crippen LogP contribution in [0.1, 0.15) is 22.8 Å². The Morgan fingerprint density at radius 1 is 0.500 bits per heavy atom. The van der Waals surface area contributed by atoms with Gasteiger partial charge in [-0.25, -0.2) is 9.97 Å². The van der Waals surface area contributed by atoms with Gasteiger partial charge in [0.2, 0.25) is 0 Å².